The molecule has 0 saturated heterocycles. The summed E-state index contributed by atoms with van der Waals surface area (Å²) in [6, 6.07) is 7.17. The fraction of sp³-hybridized carbons (Fsp3) is 0.522. The van der Waals surface area contributed by atoms with Gasteiger partial charge in [0.05, 0.1) is 12.5 Å². The molecule has 10 heteroatoms. The second kappa shape index (κ2) is 14.7. The highest BCUT2D eigenvalue weighted by atomic mass is 16.2. The Morgan fingerprint density at radius 2 is 1.58 bits per heavy atom. The van der Waals surface area contributed by atoms with Crippen molar-refractivity contribution in [3.63, 3.8) is 0 Å². The highest BCUT2D eigenvalue weighted by molar-refractivity contribution is 5.95. The Balaban J connectivity index is 3.01. The molecule has 0 heterocycles. The molecule has 33 heavy (non-hydrogen) atoms. The first-order chi connectivity index (χ1) is 15.7. The summed E-state index contributed by atoms with van der Waals surface area (Å²) in [5.41, 5.74) is 16.8. The molecule has 1 aromatic carbocycles. The Hall–Kier alpha value is -3.27. The second-order valence-corrected chi connectivity index (χ2v) is 7.95. The number of benzene rings is 1. The molecule has 0 fully saturated rings. The Morgan fingerprint density at radius 3 is 2.12 bits per heavy atom. The maximum atomic E-state index is 13.2. The average molecular weight is 462 g/mol. The lowest BCUT2D eigenvalue weighted by molar-refractivity contribution is -0.134. The summed E-state index contributed by atoms with van der Waals surface area (Å²) in [5, 5.41) is 5.17. The van der Waals surface area contributed by atoms with Crippen LogP contribution in [-0.4, -0.2) is 48.0 Å². The van der Waals surface area contributed by atoms with Crippen LogP contribution in [0.15, 0.2) is 30.3 Å². The molecule has 0 radical (unpaired) electrons. The molecular weight excluding hydrogens is 426 g/mol. The van der Waals surface area contributed by atoms with E-state index in [1.165, 1.54) is 0 Å². The Bertz CT molecular complexity index is 815. The van der Waals surface area contributed by atoms with Crippen molar-refractivity contribution >= 4 is 29.4 Å². The molecule has 0 aliphatic heterocycles. The number of primary amides is 2. The highest BCUT2D eigenvalue weighted by Crippen LogP contribution is 2.17. The molecule has 10 nitrogen and oxygen atoms in total. The van der Waals surface area contributed by atoms with Gasteiger partial charge in [-0.1, -0.05) is 43.7 Å². The molecule has 3 atom stereocenters. The first-order valence-corrected chi connectivity index (χ1v) is 11.1. The summed E-state index contributed by atoms with van der Waals surface area (Å²) in [5.74, 6) is -3.63. The van der Waals surface area contributed by atoms with Gasteiger partial charge in [-0.2, -0.15) is 0 Å². The van der Waals surface area contributed by atoms with Gasteiger partial charge in [0.2, 0.25) is 23.6 Å². The van der Waals surface area contributed by atoms with Crippen molar-refractivity contribution in [3.05, 3.63) is 35.9 Å². The Labute approximate surface area is 194 Å². The number of nitrogens with two attached hydrogens (primary N) is 3. The quantitative estimate of drug-likeness (QED) is 0.210. The van der Waals surface area contributed by atoms with Crippen molar-refractivity contribution in [2.45, 2.75) is 64.0 Å². The van der Waals surface area contributed by atoms with Crippen LogP contribution in [0.5, 0.6) is 0 Å². The van der Waals surface area contributed by atoms with Crippen molar-refractivity contribution in [2.75, 3.05) is 6.54 Å². The zero-order valence-corrected chi connectivity index (χ0v) is 19.0. The van der Waals surface area contributed by atoms with Gasteiger partial charge in [-0.05, 0) is 31.4 Å². The van der Waals surface area contributed by atoms with E-state index >= 15 is 0 Å². The van der Waals surface area contributed by atoms with Crippen molar-refractivity contribution in [2.24, 2.45) is 23.1 Å². The minimum atomic E-state index is -1.26. The largest absolute Gasteiger partial charge is 0.370 e. The number of nitrogens with one attached hydrogen (secondary N) is 2. The Kier molecular flexibility index (Phi) is 12.4. The lowest BCUT2D eigenvalue weighted by Gasteiger charge is -2.23. The van der Waals surface area contributed by atoms with Gasteiger partial charge in [0.25, 0.3) is 0 Å². The first kappa shape index (κ1) is 27.8. The number of carbonyl (C=O) groups is 5. The molecule has 4 amide bonds. The summed E-state index contributed by atoms with van der Waals surface area (Å²) >= 11 is 0. The molecule has 0 aliphatic rings. The van der Waals surface area contributed by atoms with Crippen LogP contribution >= 0.6 is 0 Å². The molecule has 0 bridgehead atoms. The zero-order valence-electron chi connectivity index (χ0n) is 19.0. The van der Waals surface area contributed by atoms with E-state index in [9.17, 15) is 24.0 Å². The average Bonchev–Trinajstić information content (AvgIpc) is 2.77. The topological polar surface area (TPSA) is 187 Å². The summed E-state index contributed by atoms with van der Waals surface area (Å²) in [6.45, 7) is 2.11. The lowest BCUT2D eigenvalue weighted by atomic mass is 9.90. The van der Waals surface area contributed by atoms with Crippen molar-refractivity contribution in [1.82, 2.24) is 10.6 Å². The van der Waals surface area contributed by atoms with Crippen LogP contribution in [0.1, 0.15) is 51.0 Å². The van der Waals surface area contributed by atoms with Crippen LogP contribution in [0.25, 0.3) is 0 Å². The second-order valence-electron chi connectivity index (χ2n) is 7.95. The fourth-order valence-corrected chi connectivity index (χ4v) is 3.35. The van der Waals surface area contributed by atoms with Gasteiger partial charge in [0.15, 0.2) is 5.78 Å². The molecule has 1 aromatic rings. The maximum Gasteiger partial charge on any atom is 0.240 e. The number of hydrogen-bond donors (Lipinski definition) is 5. The maximum absolute atomic E-state index is 13.2. The van der Waals surface area contributed by atoms with Crippen LogP contribution in [0.2, 0.25) is 0 Å². The highest BCUT2D eigenvalue weighted by Gasteiger charge is 2.30. The zero-order chi connectivity index (χ0) is 24.8. The molecule has 1 rings (SSSR count). The fourth-order valence-electron chi connectivity index (χ4n) is 3.35. The number of rotatable bonds is 16. The minimum Gasteiger partial charge on any atom is -0.370 e. The number of carbonyl (C=O) groups excluding carboxylic acids is 5. The van der Waals surface area contributed by atoms with Gasteiger partial charge < -0.3 is 27.8 Å². The van der Waals surface area contributed by atoms with E-state index in [-0.39, 0.29) is 31.0 Å². The summed E-state index contributed by atoms with van der Waals surface area (Å²) in [6.07, 6.45) is 1.49. The number of hydrogen-bond acceptors (Lipinski definition) is 6. The number of unbranched alkanes of at least 4 members (excludes halogenated alkanes) is 1. The summed E-state index contributed by atoms with van der Waals surface area (Å²) in [4.78, 5) is 60.9. The van der Waals surface area contributed by atoms with Crippen molar-refractivity contribution in [1.29, 1.82) is 0 Å². The van der Waals surface area contributed by atoms with E-state index in [1.54, 1.807) is 6.92 Å². The number of Topliss-reactive ketones (excluding diaryl/α,β-unsaturated/α-hetero) is 1. The number of ketones is 1. The monoisotopic (exact) mass is 461 g/mol. The third-order valence-corrected chi connectivity index (χ3v) is 5.22. The molecule has 0 saturated carbocycles. The first-order valence-electron chi connectivity index (χ1n) is 11.1. The smallest absolute Gasteiger partial charge is 0.240 e. The van der Waals surface area contributed by atoms with Gasteiger partial charge in [-0.15, -0.1) is 0 Å². The van der Waals surface area contributed by atoms with Crippen LogP contribution in [0.3, 0.4) is 0 Å². The van der Waals surface area contributed by atoms with Crippen LogP contribution in [-0.2, 0) is 30.4 Å². The molecule has 0 unspecified atom stereocenters. The molecule has 0 aromatic heterocycles. The predicted octanol–water partition coefficient (Wildman–Crippen LogP) is -0.326. The van der Waals surface area contributed by atoms with E-state index in [4.69, 9.17) is 17.2 Å². The summed E-state index contributed by atoms with van der Waals surface area (Å²) < 4.78 is 0. The Morgan fingerprint density at radius 1 is 0.909 bits per heavy atom. The predicted molar refractivity (Wildman–Crippen MR) is 123 cm³/mol. The number of amides is 4. The van der Waals surface area contributed by atoms with Crippen molar-refractivity contribution < 1.29 is 24.0 Å². The van der Waals surface area contributed by atoms with E-state index in [2.05, 4.69) is 10.6 Å². The molecule has 0 aliphatic carbocycles. The van der Waals surface area contributed by atoms with E-state index in [0.717, 1.165) is 5.56 Å². The van der Waals surface area contributed by atoms with Crippen LogP contribution in [0.4, 0.5) is 0 Å². The van der Waals surface area contributed by atoms with E-state index in [1.807, 2.05) is 30.3 Å². The SMILES string of the molecule is CCC(=O)N[C@@H](Cc1ccccc1)C(=O)C[C@@H](CCCCN)C(=O)N[C@@H](CC(N)=O)C(N)=O. The third kappa shape index (κ3) is 10.7. The van der Waals surface area contributed by atoms with Gasteiger partial charge in [0.1, 0.15) is 6.04 Å². The van der Waals surface area contributed by atoms with Gasteiger partial charge in [-0.25, -0.2) is 0 Å². The van der Waals surface area contributed by atoms with Gasteiger partial charge >= 0.3 is 0 Å². The lowest BCUT2D eigenvalue weighted by Crippen LogP contribution is -2.49. The molecule has 182 valence electrons. The van der Waals surface area contributed by atoms with Crippen LogP contribution < -0.4 is 27.8 Å². The molecule has 8 N–H and O–H groups in total. The van der Waals surface area contributed by atoms with Crippen LogP contribution in [0, 0.1) is 5.92 Å². The van der Waals surface area contributed by atoms with Crippen molar-refractivity contribution in [3.8, 4) is 0 Å². The minimum absolute atomic E-state index is 0.153. The normalized spacial score (nSPS) is 13.4. The van der Waals surface area contributed by atoms with E-state index in [0.29, 0.717) is 25.8 Å². The van der Waals surface area contributed by atoms with Gasteiger partial charge in [0, 0.05) is 18.8 Å². The van der Waals surface area contributed by atoms with E-state index < -0.39 is 42.1 Å². The molecular formula is C23H35N5O5. The standard InChI is InChI=1S/C23H35N5O5/c1-2-21(31)27-17(12-15-8-4-3-5-9-15)19(29)13-16(10-6-7-11-24)23(33)28-18(22(26)32)14-20(25)30/h3-5,8-9,16-18H,2,6-7,10-14,24H2,1H3,(H2,25,30)(H2,26,32)(H,27,31)(H,28,33)/t16-,17+,18+/m1/s1. The van der Waals surface area contributed by atoms with Gasteiger partial charge in [-0.3, -0.25) is 24.0 Å². The summed E-state index contributed by atoms with van der Waals surface area (Å²) in [7, 11) is 0. The molecule has 0 spiro atoms. The third-order valence-electron chi connectivity index (χ3n) is 5.22.